The summed E-state index contributed by atoms with van der Waals surface area (Å²) in [6, 6.07) is 68.3. The lowest BCUT2D eigenvalue weighted by atomic mass is 9.98. The number of esters is 2. The van der Waals surface area contributed by atoms with Crippen molar-refractivity contribution in [2.45, 2.75) is 107 Å². The van der Waals surface area contributed by atoms with Crippen LogP contribution in [0.2, 0.25) is 0 Å². The molecule has 95 heavy (non-hydrogen) atoms. The van der Waals surface area contributed by atoms with Gasteiger partial charge < -0.3 is 86.7 Å². The van der Waals surface area contributed by atoms with Crippen molar-refractivity contribution >= 4 is 11.9 Å². The van der Waals surface area contributed by atoms with E-state index in [2.05, 4.69) is 0 Å². The van der Waals surface area contributed by atoms with E-state index in [1.165, 1.54) is 18.2 Å². The minimum absolute atomic E-state index is 0.0250. The predicted octanol–water partition coefficient (Wildman–Crippen LogP) is 10.8. The first-order chi connectivity index (χ1) is 46.6. The van der Waals surface area contributed by atoms with Gasteiger partial charge in [-0.25, -0.2) is 9.59 Å². The molecule has 4 aliphatic heterocycles. The molecule has 0 aliphatic carbocycles. The van der Waals surface area contributed by atoms with Crippen LogP contribution in [-0.4, -0.2) is 107 Å². The summed E-state index contributed by atoms with van der Waals surface area (Å²) in [5.74, 6) is -3.38. The smallest absolute Gasteiger partial charge is 0.344 e. The number of aliphatic hydroxyl groups excluding tert-OH is 4. The summed E-state index contributed by atoms with van der Waals surface area (Å²) in [6.07, 6.45) is -16.5. The summed E-state index contributed by atoms with van der Waals surface area (Å²) < 4.78 is 89.8. The van der Waals surface area contributed by atoms with Crippen molar-refractivity contribution in [3.63, 3.8) is 0 Å². The number of rotatable bonds is 23. The largest absolute Gasteiger partial charge is 0.485 e. The van der Waals surface area contributed by atoms with Crippen LogP contribution in [0.3, 0.4) is 0 Å². The van der Waals surface area contributed by atoms with Gasteiger partial charge in [-0.1, -0.05) is 212 Å². The maximum Gasteiger partial charge on any atom is 0.344 e. The Labute approximate surface area is 547 Å². The Balaban J connectivity index is 0.932. The number of fused-ring (bicyclic) bond motifs is 2. The van der Waals surface area contributed by atoms with Crippen molar-refractivity contribution in [3.05, 3.63) is 281 Å². The fourth-order valence-electron chi connectivity index (χ4n) is 11.3. The van der Waals surface area contributed by atoms with Crippen LogP contribution in [0.15, 0.2) is 231 Å². The molecule has 4 saturated heterocycles. The minimum Gasteiger partial charge on any atom is -0.485 e. The van der Waals surface area contributed by atoms with Crippen LogP contribution in [0.5, 0.6) is 40.2 Å². The number of carbonyl (C=O) groups excluding carboxylic acids is 2. The number of benzene rings is 9. The van der Waals surface area contributed by atoms with Crippen LogP contribution < -0.4 is 28.4 Å². The summed E-state index contributed by atoms with van der Waals surface area (Å²) in [5.41, 5.74) is 4.31. The second kappa shape index (κ2) is 30.2. The number of carbonyl (C=O) groups is 2. The van der Waals surface area contributed by atoms with Crippen molar-refractivity contribution in [3.8, 4) is 40.2 Å². The SMILES string of the molecule is O=C(O[C@@H]1O[C@@H]2CO[C@@H](c3ccccc3)O[C@H]2[C@H](O)[C@H]1O)c1cc(OCc2ccccc2)c(OCc2ccccc2)c(Oc2c(C(=O)O[C@@H]3O[C@@H]4CO[C@@H](c5ccccc5)O[C@H]4[C@H](O)[C@H]3O)cc(OCc3ccccc3)c(OCc3ccccc3)c2OCc2ccccc2)c1. The molecule has 488 valence electrons. The Bertz CT molecular complexity index is 3970. The molecule has 20 nitrogen and oxygen atoms in total. The first-order valence-electron chi connectivity index (χ1n) is 31.1. The van der Waals surface area contributed by atoms with Crippen LogP contribution in [-0.2, 0) is 70.9 Å². The van der Waals surface area contributed by atoms with E-state index in [4.69, 9.17) is 66.3 Å². The van der Waals surface area contributed by atoms with Gasteiger partial charge in [0.25, 0.3) is 0 Å². The molecular formula is C75H68O20. The number of hydrogen-bond donors (Lipinski definition) is 4. The Morgan fingerprint density at radius 3 is 1.13 bits per heavy atom. The molecular weight excluding hydrogens is 1220 g/mol. The molecule has 0 saturated carbocycles. The van der Waals surface area contributed by atoms with E-state index in [0.717, 1.165) is 22.3 Å². The zero-order valence-corrected chi connectivity index (χ0v) is 51.1. The van der Waals surface area contributed by atoms with Crippen molar-refractivity contribution < 1.29 is 96.3 Å². The maximum atomic E-state index is 15.7. The van der Waals surface area contributed by atoms with E-state index in [1.54, 1.807) is 24.3 Å². The van der Waals surface area contributed by atoms with Gasteiger partial charge in [-0.05, 0) is 39.9 Å². The Hall–Kier alpha value is -9.68. The highest BCUT2D eigenvalue weighted by atomic mass is 16.8. The molecule has 20 heteroatoms. The first kappa shape index (κ1) is 64.0. The van der Waals surface area contributed by atoms with Crippen LogP contribution in [0.25, 0.3) is 0 Å². The Morgan fingerprint density at radius 2 is 0.705 bits per heavy atom. The third kappa shape index (κ3) is 15.3. The molecule has 9 aromatic carbocycles. The highest BCUT2D eigenvalue weighted by Gasteiger charge is 2.52. The minimum atomic E-state index is -1.87. The summed E-state index contributed by atoms with van der Waals surface area (Å²) >= 11 is 0. The lowest BCUT2D eigenvalue weighted by Gasteiger charge is -2.45. The molecule has 13 rings (SSSR count). The zero-order chi connectivity index (χ0) is 65.0. The molecule has 0 unspecified atom stereocenters. The average molecular weight is 1290 g/mol. The normalized spacial score (nSPS) is 23.7. The van der Waals surface area contributed by atoms with E-state index in [9.17, 15) is 20.4 Å². The summed E-state index contributed by atoms with van der Waals surface area (Å²) in [7, 11) is 0. The van der Waals surface area contributed by atoms with E-state index in [1.807, 2.05) is 188 Å². The molecule has 0 aromatic heterocycles. The Morgan fingerprint density at radius 1 is 0.358 bits per heavy atom. The van der Waals surface area contributed by atoms with Gasteiger partial charge in [-0.3, -0.25) is 0 Å². The quantitative estimate of drug-likeness (QED) is 0.0435. The molecule has 0 radical (unpaired) electrons. The predicted molar refractivity (Wildman–Crippen MR) is 339 cm³/mol. The van der Waals surface area contributed by atoms with Gasteiger partial charge in [0.15, 0.2) is 35.6 Å². The molecule has 12 atom stereocenters. The van der Waals surface area contributed by atoms with Gasteiger partial charge in [0.2, 0.25) is 29.8 Å². The van der Waals surface area contributed by atoms with E-state index in [0.29, 0.717) is 16.7 Å². The number of hydrogen-bond acceptors (Lipinski definition) is 20. The first-order valence-corrected chi connectivity index (χ1v) is 31.1. The molecule has 0 amide bonds. The topological polar surface area (TPSA) is 244 Å². The maximum absolute atomic E-state index is 15.7. The summed E-state index contributed by atoms with van der Waals surface area (Å²) in [4.78, 5) is 30.7. The fourth-order valence-corrected chi connectivity index (χ4v) is 11.3. The molecule has 4 fully saturated rings. The van der Waals surface area contributed by atoms with Crippen molar-refractivity contribution in [1.29, 1.82) is 0 Å². The molecule has 0 bridgehead atoms. The lowest BCUT2D eigenvalue weighted by molar-refractivity contribution is -0.353. The molecule has 4 N–H and O–H groups in total. The monoisotopic (exact) mass is 1290 g/mol. The molecule has 4 aliphatic rings. The average Bonchev–Trinajstić information content (AvgIpc) is 0.813. The van der Waals surface area contributed by atoms with E-state index in [-0.39, 0.29) is 86.3 Å². The molecule has 0 spiro atoms. The van der Waals surface area contributed by atoms with Crippen LogP contribution in [0, 0.1) is 0 Å². The second-order valence-electron chi connectivity index (χ2n) is 22.9. The van der Waals surface area contributed by atoms with Gasteiger partial charge in [-0.2, -0.15) is 0 Å². The highest BCUT2D eigenvalue weighted by Crippen LogP contribution is 2.53. The second-order valence-corrected chi connectivity index (χ2v) is 22.9. The van der Waals surface area contributed by atoms with Crippen molar-refractivity contribution in [2.75, 3.05) is 13.2 Å². The number of aliphatic hydroxyl groups is 4. The number of ether oxygens (including phenoxy) is 14. The van der Waals surface area contributed by atoms with E-state index < -0.39 is 97.2 Å². The third-order valence-corrected chi connectivity index (χ3v) is 16.3. The van der Waals surface area contributed by atoms with Gasteiger partial charge in [0.1, 0.15) is 87.4 Å². The third-order valence-electron chi connectivity index (χ3n) is 16.3. The van der Waals surface area contributed by atoms with Crippen molar-refractivity contribution in [2.24, 2.45) is 0 Å². The highest BCUT2D eigenvalue weighted by molar-refractivity contribution is 5.96. The van der Waals surface area contributed by atoms with Crippen LogP contribution in [0.1, 0.15) is 72.2 Å². The molecule has 4 heterocycles. The Kier molecular flexibility index (Phi) is 20.3. The van der Waals surface area contributed by atoms with Gasteiger partial charge in [0.05, 0.1) is 18.8 Å². The van der Waals surface area contributed by atoms with Crippen LogP contribution >= 0.6 is 0 Å². The van der Waals surface area contributed by atoms with Gasteiger partial charge in [-0.15, -0.1) is 0 Å². The van der Waals surface area contributed by atoms with Crippen LogP contribution in [0.4, 0.5) is 0 Å². The summed E-state index contributed by atoms with van der Waals surface area (Å²) in [5, 5.41) is 47.0. The summed E-state index contributed by atoms with van der Waals surface area (Å²) in [6.45, 7) is -0.646. The lowest BCUT2D eigenvalue weighted by Crippen LogP contribution is -2.62. The van der Waals surface area contributed by atoms with Gasteiger partial charge in [0, 0.05) is 17.2 Å². The zero-order valence-electron chi connectivity index (χ0n) is 51.1. The van der Waals surface area contributed by atoms with Crippen molar-refractivity contribution in [1.82, 2.24) is 0 Å². The van der Waals surface area contributed by atoms with E-state index >= 15 is 9.59 Å². The van der Waals surface area contributed by atoms with Gasteiger partial charge >= 0.3 is 11.9 Å². The fraction of sp³-hybridized carbons (Fsp3) is 0.253. The standard InChI is InChI=1S/C75H68O20/c76-60-62(78)74(90-58-44-87-72(92-66(58)60)51-32-18-6-19-33-51)94-70(80)53-36-55(82-39-46-22-8-1-9-23-46)65(84-41-48-26-12-3-13-27-48)57(37-53)89-64-54(71(81)95-75-63(79)61(77)67-59(91-75)45-88-73(93-67)52-34-20-7-21-35-52)38-56(83-40-47-24-10-2-11-25-47)68(85-42-49-28-14-4-15-29-49)69(64)86-43-50-30-16-5-17-31-50/h1-38,58-63,66-67,72-79H,39-45H2/t58-,59-,60-,61-,62-,63-,66-,67-,72-,73-,74+,75+/m1/s1. The molecule has 9 aromatic rings.